The standard InChI is InChI=1S/C21H30N2O5/c1-4-27-19-7-6-14(10-20(19)28-5-2)21(26)23-11-15-8-17(22-13(3)24)18(25)9-16(15)12-23/h6-7,10,15-18,25H,4-5,8-9,11-12H2,1-3H3,(H,22,24)/t15-,16+,17-,18-/m1/s1. The van der Waals surface area contributed by atoms with E-state index in [0.717, 1.165) is 0 Å². The van der Waals surface area contributed by atoms with Gasteiger partial charge in [-0.3, -0.25) is 9.59 Å². The molecule has 0 radical (unpaired) electrons. The number of aliphatic hydroxyl groups is 1. The Morgan fingerprint density at radius 1 is 1.11 bits per heavy atom. The number of hydrogen-bond acceptors (Lipinski definition) is 5. The van der Waals surface area contributed by atoms with Crippen LogP contribution in [0.4, 0.5) is 0 Å². The average molecular weight is 390 g/mol. The van der Waals surface area contributed by atoms with Gasteiger partial charge in [-0.2, -0.15) is 0 Å². The predicted octanol–water partition coefficient (Wildman–Crippen LogP) is 1.83. The monoisotopic (exact) mass is 390 g/mol. The molecule has 2 fully saturated rings. The van der Waals surface area contributed by atoms with E-state index in [9.17, 15) is 14.7 Å². The molecule has 7 nitrogen and oxygen atoms in total. The molecule has 1 saturated carbocycles. The highest BCUT2D eigenvalue weighted by molar-refractivity contribution is 5.95. The molecule has 2 N–H and O–H groups in total. The summed E-state index contributed by atoms with van der Waals surface area (Å²) in [5, 5.41) is 13.2. The molecule has 4 atom stereocenters. The van der Waals surface area contributed by atoms with Crippen molar-refractivity contribution >= 4 is 11.8 Å². The third kappa shape index (κ3) is 4.41. The number of aliphatic hydroxyl groups excluding tert-OH is 1. The minimum atomic E-state index is -0.560. The lowest BCUT2D eigenvalue weighted by Crippen LogP contribution is -2.48. The van der Waals surface area contributed by atoms with E-state index in [4.69, 9.17) is 9.47 Å². The fourth-order valence-corrected chi connectivity index (χ4v) is 4.38. The zero-order valence-corrected chi connectivity index (χ0v) is 16.8. The Hall–Kier alpha value is -2.28. The summed E-state index contributed by atoms with van der Waals surface area (Å²) in [6.45, 7) is 7.56. The number of carbonyl (C=O) groups is 2. The van der Waals surface area contributed by atoms with E-state index in [-0.39, 0.29) is 23.8 Å². The molecule has 3 rings (SSSR count). The summed E-state index contributed by atoms with van der Waals surface area (Å²) in [5.41, 5.74) is 0.574. The Labute approximate surface area is 166 Å². The number of likely N-dealkylation sites (tertiary alicyclic amines) is 1. The van der Waals surface area contributed by atoms with E-state index in [0.29, 0.717) is 62.1 Å². The average Bonchev–Trinajstić information content (AvgIpc) is 3.05. The van der Waals surface area contributed by atoms with Gasteiger partial charge in [0.15, 0.2) is 11.5 Å². The molecule has 0 aromatic heterocycles. The van der Waals surface area contributed by atoms with Crippen molar-refractivity contribution in [2.75, 3.05) is 26.3 Å². The number of ether oxygens (including phenoxy) is 2. The van der Waals surface area contributed by atoms with Crippen molar-refractivity contribution in [2.45, 2.75) is 45.8 Å². The number of amides is 2. The van der Waals surface area contributed by atoms with Crippen LogP contribution in [0.2, 0.25) is 0 Å². The molecular formula is C21H30N2O5. The maximum Gasteiger partial charge on any atom is 0.254 e. The highest BCUT2D eigenvalue weighted by Crippen LogP contribution is 2.37. The van der Waals surface area contributed by atoms with Crippen molar-refractivity contribution in [3.8, 4) is 11.5 Å². The van der Waals surface area contributed by atoms with Crippen molar-refractivity contribution in [3.63, 3.8) is 0 Å². The molecule has 1 aromatic carbocycles. The summed E-state index contributed by atoms with van der Waals surface area (Å²) >= 11 is 0. The van der Waals surface area contributed by atoms with Crippen LogP contribution in [0.5, 0.6) is 11.5 Å². The van der Waals surface area contributed by atoms with Crippen LogP contribution in [-0.2, 0) is 4.79 Å². The topological polar surface area (TPSA) is 88.1 Å². The summed E-state index contributed by atoms with van der Waals surface area (Å²) in [7, 11) is 0. The zero-order valence-electron chi connectivity index (χ0n) is 16.8. The molecule has 1 aromatic rings. The summed E-state index contributed by atoms with van der Waals surface area (Å²) in [6.07, 6.45) is 0.741. The van der Waals surface area contributed by atoms with E-state index in [1.165, 1.54) is 6.92 Å². The third-order valence-electron chi connectivity index (χ3n) is 5.61. The van der Waals surface area contributed by atoms with Gasteiger partial charge in [0.1, 0.15) is 0 Å². The molecule has 2 aliphatic rings. The second kappa shape index (κ2) is 8.82. The first-order valence-corrected chi connectivity index (χ1v) is 10.1. The van der Waals surface area contributed by atoms with Gasteiger partial charge in [-0.15, -0.1) is 0 Å². The summed E-state index contributed by atoms with van der Waals surface area (Å²) in [4.78, 5) is 26.3. The number of carbonyl (C=O) groups excluding carboxylic acids is 2. The van der Waals surface area contributed by atoms with Gasteiger partial charge in [0, 0.05) is 25.6 Å². The van der Waals surface area contributed by atoms with Crippen LogP contribution in [0.25, 0.3) is 0 Å². The molecule has 1 aliphatic carbocycles. The number of nitrogens with zero attached hydrogens (tertiary/aromatic N) is 1. The molecule has 7 heteroatoms. The van der Waals surface area contributed by atoms with Crippen LogP contribution in [-0.4, -0.2) is 60.3 Å². The van der Waals surface area contributed by atoms with Crippen molar-refractivity contribution in [1.29, 1.82) is 0 Å². The first-order valence-electron chi connectivity index (χ1n) is 10.1. The van der Waals surface area contributed by atoms with Gasteiger partial charge in [-0.1, -0.05) is 0 Å². The molecule has 2 amide bonds. The third-order valence-corrected chi connectivity index (χ3v) is 5.61. The zero-order chi connectivity index (χ0) is 20.3. The van der Waals surface area contributed by atoms with Gasteiger partial charge in [0.25, 0.3) is 5.91 Å². The van der Waals surface area contributed by atoms with E-state index in [2.05, 4.69) is 5.32 Å². The minimum Gasteiger partial charge on any atom is -0.490 e. The molecule has 1 aliphatic heterocycles. The second-order valence-electron chi connectivity index (χ2n) is 7.60. The molecule has 1 saturated heterocycles. The van der Waals surface area contributed by atoms with Crippen LogP contribution in [0.3, 0.4) is 0 Å². The van der Waals surface area contributed by atoms with Crippen LogP contribution in [0, 0.1) is 11.8 Å². The van der Waals surface area contributed by atoms with Crippen LogP contribution < -0.4 is 14.8 Å². The maximum atomic E-state index is 13.1. The summed E-state index contributed by atoms with van der Waals surface area (Å²) in [5.74, 6) is 1.59. The van der Waals surface area contributed by atoms with E-state index < -0.39 is 6.10 Å². The normalized spacial score (nSPS) is 26.5. The molecule has 154 valence electrons. The second-order valence-corrected chi connectivity index (χ2v) is 7.60. The largest absolute Gasteiger partial charge is 0.490 e. The fraction of sp³-hybridized carbons (Fsp3) is 0.619. The molecule has 28 heavy (non-hydrogen) atoms. The first-order chi connectivity index (χ1) is 13.4. The summed E-state index contributed by atoms with van der Waals surface area (Å²) in [6, 6.07) is 5.06. The van der Waals surface area contributed by atoms with Crippen LogP contribution >= 0.6 is 0 Å². The van der Waals surface area contributed by atoms with Gasteiger partial charge in [0.05, 0.1) is 25.4 Å². The van der Waals surface area contributed by atoms with Gasteiger partial charge in [-0.25, -0.2) is 0 Å². The number of rotatable bonds is 6. The maximum absolute atomic E-state index is 13.1. The van der Waals surface area contributed by atoms with Gasteiger partial charge in [-0.05, 0) is 56.7 Å². The summed E-state index contributed by atoms with van der Waals surface area (Å²) < 4.78 is 11.2. The first kappa shape index (κ1) is 20.5. The lowest BCUT2D eigenvalue weighted by atomic mass is 9.77. The molecule has 0 bridgehead atoms. The number of hydrogen-bond donors (Lipinski definition) is 2. The SMILES string of the molecule is CCOc1ccc(C(=O)N2C[C@H]3C[C@@H](NC(C)=O)[C@H](O)C[C@H]3C2)cc1OCC. The van der Waals surface area contributed by atoms with Crippen molar-refractivity contribution in [2.24, 2.45) is 11.8 Å². The smallest absolute Gasteiger partial charge is 0.254 e. The Kier molecular flexibility index (Phi) is 6.44. The Morgan fingerprint density at radius 3 is 2.39 bits per heavy atom. The fourth-order valence-electron chi connectivity index (χ4n) is 4.38. The predicted molar refractivity (Wildman–Crippen MR) is 105 cm³/mol. The van der Waals surface area contributed by atoms with Crippen molar-refractivity contribution < 1.29 is 24.2 Å². The van der Waals surface area contributed by atoms with Gasteiger partial charge in [0.2, 0.25) is 5.91 Å². The lowest BCUT2D eigenvalue weighted by molar-refractivity contribution is -0.121. The van der Waals surface area contributed by atoms with Crippen molar-refractivity contribution in [1.82, 2.24) is 10.2 Å². The highest BCUT2D eigenvalue weighted by Gasteiger charge is 2.43. The van der Waals surface area contributed by atoms with Crippen LogP contribution in [0.15, 0.2) is 18.2 Å². The number of nitrogens with one attached hydrogen (secondary N) is 1. The van der Waals surface area contributed by atoms with Crippen molar-refractivity contribution in [3.05, 3.63) is 23.8 Å². The Balaban J connectivity index is 1.70. The van der Waals surface area contributed by atoms with E-state index in [1.54, 1.807) is 18.2 Å². The molecule has 0 unspecified atom stereocenters. The molecule has 1 heterocycles. The lowest BCUT2D eigenvalue weighted by Gasteiger charge is -2.35. The molecular weight excluding hydrogens is 360 g/mol. The van der Waals surface area contributed by atoms with E-state index in [1.807, 2.05) is 18.7 Å². The minimum absolute atomic E-state index is 0.0380. The van der Waals surface area contributed by atoms with Gasteiger partial charge >= 0.3 is 0 Å². The number of benzene rings is 1. The van der Waals surface area contributed by atoms with E-state index >= 15 is 0 Å². The molecule has 0 spiro atoms. The van der Waals surface area contributed by atoms with Crippen LogP contribution in [0.1, 0.15) is 44.0 Å². The Bertz CT molecular complexity index is 723. The quantitative estimate of drug-likeness (QED) is 0.774. The van der Waals surface area contributed by atoms with Gasteiger partial charge < -0.3 is 24.8 Å². The highest BCUT2D eigenvalue weighted by atomic mass is 16.5. The Morgan fingerprint density at radius 2 is 1.75 bits per heavy atom. The number of fused-ring (bicyclic) bond motifs is 1.